The van der Waals surface area contributed by atoms with Gasteiger partial charge in [0.1, 0.15) is 16.4 Å². The third kappa shape index (κ3) is 9.43. The number of fused-ring (bicyclic) bond motifs is 3. The molecule has 1 aromatic heterocycles. The number of nitrogens with one attached hydrogen (secondary N) is 1. The molecule has 7 atom stereocenters. The van der Waals surface area contributed by atoms with E-state index in [2.05, 4.69) is 23.0 Å². The number of pyridine rings is 1. The highest BCUT2D eigenvalue weighted by Gasteiger charge is 2.66. The molecule has 0 bridgehead atoms. The van der Waals surface area contributed by atoms with Crippen LogP contribution in [0.3, 0.4) is 0 Å². The Hall–Kier alpha value is -4.38. The molecule has 0 radical (unpaired) electrons. The molecule has 0 spiro atoms. The molecular formula is C47H62N4O10S. The van der Waals surface area contributed by atoms with Crippen molar-refractivity contribution >= 4 is 32.7 Å². The van der Waals surface area contributed by atoms with Crippen molar-refractivity contribution in [2.75, 3.05) is 39.5 Å². The van der Waals surface area contributed by atoms with Crippen molar-refractivity contribution in [2.45, 2.75) is 113 Å². The Morgan fingerprint density at radius 2 is 1.89 bits per heavy atom. The van der Waals surface area contributed by atoms with Crippen molar-refractivity contribution in [2.24, 2.45) is 22.9 Å². The lowest BCUT2D eigenvalue weighted by Crippen LogP contribution is -2.70. The number of aliphatic hydroxyl groups excluding tert-OH is 2. The van der Waals surface area contributed by atoms with E-state index in [0.717, 1.165) is 49.7 Å². The summed E-state index contributed by atoms with van der Waals surface area (Å²) in [5, 5.41) is 28.2. The zero-order valence-corrected chi connectivity index (χ0v) is 36.8. The maximum absolute atomic E-state index is 15.5. The van der Waals surface area contributed by atoms with Crippen LogP contribution in [0.25, 0.3) is 10.9 Å². The van der Waals surface area contributed by atoms with Gasteiger partial charge >= 0.3 is 6.09 Å². The van der Waals surface area contributed by atoms with Crippen molar-refractivity contribution in [1.82, 2.24) is 14.6 Å². The van der Waals surface area contributed by atoms with Crippen LogP contribution >= 0.6 is 0 Å². The molecule has 7 rings (SSSR count). The standard InChI is InChI=1S/C47H62N4O10S/c1-4-24-51(62(55,56)40-19-13-16-32-17-14-23-49-45(32)40)41-31-38(50-61-42-20-9-12-28-57-42)36-29-33(15-7-10-25-52)35(18-8-11-26-53)43-37-30-34(59-46(54)48-6-3)21-22-39(37)60-47(41,44(36)43)58-27-5-2/h5,13-14,16-17,19,21-23,29-30,33,35,41-44,52-53H,2,4,6-12,15,18,20,24-28,31H2,1,3H3,(H,48,54). The normalized spacial score (nSPS) is 26.3. The largest absolute Gasteiger partial charge is 0.460 e. The summed E-state index contributed by atoms with van der Waals surface area (Å²) in [6, 6.07) is 13.1. The number of benzene rings is 2. The first-order valence-electron chi connectivity index (χ1n) is 22.4. The molecule has 2 aliphatic carbocycles. The molecule has 1 saturated carbocycles. The molecule has 336 valence electrons. The van der Waals surface area contributed by atoms with E-state index in [0.29, 0.717) is 66.9 Å². The smallest absolute Gasteiger partial charge is 0.412 e. The number of rotatable bonds is 20. The topological polar surface area (TPSA) is 178 Å². The first-order valence-corrected chi connectivity index (χ1v) is 23.8. The van der Waals surface area contributed by atoms with Crippen molar-refractivity contribution < 1.29 is 47.2 Å². The third-order valence-corrected chi connectivity index (χ3v) is 14.5. The van der Waals surface area contributed by atoms with Crippen molar-refractivity contribution in [3.63, 3.8) is 0 Å². The first kappa shape index (κ1) is 45.6. The van der Waals surface area contributed by atoms with Gasteiger partial charge in [-0.1, -0.05) is 55.3 Å². The minimum Gasteiger partial charge on any atom is -0.460 e. The minimum atomic E-state index is -4.32. The molecule has 15 heteroatoms. The summed E-state index contributed by atoms with van der Waals surface area (Å²) in [6.45, 7) is 9.00. The van der Waals surface area contributed by atoms with Gasteiger partial charge in [-0.15, -0.1) is 6.58 Å². The predicted octanol–water partition coefficient (Wildman–Crippen LogP) is 7.60. The monoisotopic (exact) mass is 874 g/mol. The lowest BCUT2D eigenvalue weighted by Gasteiger charge is -2.59. The summed E-state index contributed by atoms with van der Waals surface area (Å²) in [5.74, 6) is -1.90. The van der Waals surface area contributed by atoms with E-state index in [4.69, 9.17) is 28.9 Å². The number of hydrogen-bond donors (Lipinski definition) is 3. The SMILES string of the molecule is C=CCOC12Oc3ccc(OC(=O)NCC)cc3C3C(CCCCO)C(CCCCO)C=C(C(=NOC4CCCCO4)CC1N(CCC)S(=O)(=O)c1cccc4cccnc14)C32. The van der Waals surface area contributed by atoms with Crippen molar-refractivity contribution in [3.8, 4) is 11.5 Å². The number of aliphatic hydroxyl groups is 2. The number of unbranched alkanes of at least 4 members (excludes halogenated alkanes) is 2. The number of carbonyl (C=O) groups excluding carboxylic acids is 1. The van der Waals surface area contributed by atoms with Crippen molar-refractivity contribution in [3.05, 3.63) is 84.6 Å². The number of para-hydroxylation sites is 1. The molecule has 1 amide bonds. The van der Waals surface area contributed by atoms with E-state index in [1.807, 2.05) is 32.0 Å². The molecule has 2 aliphatic heterocycles. The highest BCUT2D eigenvalue weighted by atomic mass is 32.2. The lowest BCUT2D eigenvalue weighted by atomic mass is 9.55. The average molecular weight is 875 g/mol. The molecule has 7 unspecified atom stereocenters. The molecule has 3 N–H and O–H groups in total. The van der Waals surface area contributed by atoms with E-state index in [9.17, 15) is 15.0 Å². The van der Waals surface area contributed by atoms with Gasteiger partial charge in [0, 0.05) is 62.2 Å². The average Bonchev–Trinajstić information content (AvgIpc) is 3.28. The van der Waals surface area contributed by atoms with E-state index in [-0.39, 0.29) is 55.4 Å². The molecule has 1 saturated heterocycles. The molecule has 2 aromatic carbocycles. The number of aromatic nitrogens is 1. The first-order chi connectivity index (χ1) is 30.2. The van der Waals surface area contributed by atoms with Crippen LogP contribution in [0.15, 0.2) is 89.1 Å². The number of oxime groups is 1. The van der Waals surface area contributed by atoms with Gasteiger partial charge in [0.05, 0.1) is 36.4 Å². The fraction of sp³-hybridized carbons (Fsp3) is 0.553. The molecule has 3 aromatic rings. The maximum Gasteiger partial charge on any atom is 0.412 e. The lowest BCUT2D eigenvalue weighted by molar-refractivity contribution is -0.251. The summed E-state index contributed by atoms with van der Waals surface area (Å²) >= 11 is 0. The van der Waals surface area contributed by atoms with Gasteiger partial charge in [-0.25, -0.2) is 13.2 Å². The molecule has 14 nitrogen and oxygen atoms in total. The summed E-state index contributed by atoms with van der Waals surface area (Å²) < 4.78 is 58.7. The van der Waals surface area contributed by atoms with Crippen LogP contribution in [0, 0.1) is 17.8 Å². The van der Waals surface area contributed by atoms with Crippen LogP contribution in [-0.4, -0.2) is 97.4 Å². The van der Waals surface area contributed by atoms with Crippen LogP contribution in [0.1, 0.15) is 96.0 Å². The Bertz CT molecular complexity index is 2190. The molecule has 4 aliphatic rings. The van der Waals surface area contributed by atoms with Crippen LogP contribution in [0.4, 0.5) is 4.79 Å². The highest BCUT2D eigenvalue weighted by Crippen LogP contribution is 2.62. The van der Waals surface area contributed by atoms with E-state index >= 15 is 8.42 Å². The zero-order valence-electron chi connectivity index (χ0n) is 36.0. The minimum absolute atomic E-state index is 0.0163. The fourth-order valence-corrected chi connectivity index (χ4v) is 11.9. The number of ether oxygens (including phenoxy) is 4. The van der Waals surface area contributed by atoms with Gasteiger partial charge in [0.25, 0.3) is 0 Å². The van der Waals surface area contributed by atoms with E-state index < -0.39 is 40.2 Å². The third-order valence-electron chi connectivity index (χ3n) is 12.6. The number of nitrogens with zero attached hydrogens (tertiary/aromatic N) is 3. The second-order valence-electron chi connectivity index (χ2n) is 16.5. The maximum atomic E-state index is 15.5. The number of sulfonamides is 1. The fourth-order valence-electron chi connectivity index (χ4n) is 9.97. The summed E-state index contributed by atoms with van der Waals surface area (Å²) in [5.41, 5.74) is 2.56. The van der Waals surface area contributed by atoms with Gasteiger partial charge in [-0.05, 0) is 99.6 Å². The van der Waals surface area contributed by atoms with Gasteiger partial charge < -0.3 is 39.3 Å². The Labute approximate surface area is 365 Å². The Kier molecular flexibility index (Phi) is 15.4. The van der Waals surface area contributed by atoms with E-state index in [1.54, 1.807) is 42.6 Å². The summed E-state index contributed by atoms with van der Waals surface area (Å²) in [6.07, 6.45) is 11.7. The van der Waals surface area contributed by atoms with E-state index in [1.165, 1.54) is 4.31 Å². The highest BCUT2D eigenvalue weighted by molar-refractivity contribution is 7.89. The Balaban J connectivity index is 1.49. The van der Waals surface area contributed by atoms with Gasteiger partial charge in [0.15, 0.2) is 0 Å². The van der Waals surface area contributed by atoms with Gasteiger partial charge in [-0.2, -0.15) is 4.31 Å². The Morgan fingerprint density at radius 1 is 1.08 bits per heavy atom. The Morgan fingerprint density at radius 3 is 2.63 bits per heavy atom. The van der Waals surface area contributed by atoms with Crippen LogP contribution in [0.5, 0.6) is 11.5 Å². The van der Waals surface area contributed by atoms with Crippen LogP contribution in [-0.2, 0) is 24.3 Å². The van der Waals surface area contributed by atoms with Crippen LogP contribution in [0.2, 0.25) is 0 Å². The second-order valence-corrected chi connectivity index (χ2v) is 18.4. The zero-order chi connectivity index (χ0) is 43.7. The molecule has 3 heterocycles. The summed E-state index contributed by atoms with van der Waals surface area (Å²) in [7, 11) is -4.32. The number of amides is 1. The number of carbonyl (C=O) groups is 1. The van der Waals surface area contributed by atoms with Gasteiger partial charge in [0.2, 0.25) is 22.1 Å². The summed E-state index contributed by atoms with van der Waals surface area (Å²) in [4.78, 5) is 23.7. The molecular weight excluding hydrogens is 813 g/mol. The predicted molar refractivity (Wildman–Crippen MR) is 235 cm³/mol. The number of allylic oxidation sites excluding steroid dienone is 1. The molecule has 62 heavy (non-hydrogen) atoms. The van der Waals surface area contributed by atoms with Crippen molar-refractivity contribution in [1.29, 1.82) is 0 Å². The van der Waals surface area contributed by atoms with Gasteiger partial charge in [-0.3, -0.25) is 4.98 Å². The number of hydrogen-bond acceptors (Lipinski definition) is 12. The molecule has 2 fully saturated rings. The quantitative estimate of drug-likeness (QED) is 0.0579. The second kappa shape index (κ2) is 20.9. The van der Waals surface area contributed by atoms with Crippen LogP contribution < -0.4 is 14.8 Å².